The molecule has 0 saturated carbocycles. The fraction of sp³-hybridized carbons (Fsp3) is 0.682. The number of piperidine rings is 2. The van der Waals surface area contributed by atoms with Crippen molar-refractivity contribution >= 4 is 5.91 Å². The number of carbonyl (C=O) groups is 1. The number of hydrogen-bond acceptors (Lipinski definition) is 4. The molecule has 0 unspecified atom stereocenters. The summed E-state index contributed by atoms with van der Waals surface area (Å²) in [6.45, 7) is 9.21. The van der Waals surface area contributed by atoms with Crippen molar-refractivity contribution in [2.75, 3.05) is 39.9 Å². The number of aliphatic hydroxyl groups is 1. The lowest BCUT2D eigenvalue weighted by molar-refractivity contribution is -0.139. The van der Waals surface area contributed by atoms with Crippen LogP contribution >= 0.6 is 0 Å². The smallest absolute Gasteiger partial charge is 0.222 e. The molecule has 5 heteroatoms. The van der Waals surface area contributed by atoms with Crippen LogP contribution in [-0.4, -0.2) is 60.7 Å². The third kappa shape index (κ3) is 4.46. The lowest BCUT2D eigenvalue weighted by atomic mass is 9.72. The van der Waals surface area contributed by atoms with Crippen LogP contribution in [0.2, 0.25) is 0 Å². The minimum atomic E-state index is 0.158. The van der Waals surface area contributed by atoms with Crippen molar-refractivity contribution in [3.05, 3.63) is 28.8 Å². The van der Waals surface area contributed by atoms with Gasteiger partial charge < -0.3 is 14.7 Å². The van der Waals surface area contributed by atoms with Crippen LogP contribution < -0.4 is 4.74 Å². The summed E-state index contributed by atoms with van der Waals surface area (Å²) < 4.78 is 5.43. The Kier molecular flexibility index (Phi) is 6.43. The van der Waals surface area contributed by atoms with Gasteiger partial charge in [-0.25, -0.2) is 0 Å². The van der Waals surface area contributed by atoms with Gasteiger partial charge in [-0.05, 0) is 80.8 Å². The van der Waals surface area contributed by atoms with Crippen LogP contribution in [-0.2, 0) is 11.3 Å². The lowest BCUT2D eigenvalue weighted by Gasteiger charge is -2.47. The molecule has 1 aromatic rings. The van der Waals surface area contributed by atoms with Crippen molar-refractivity contribution in [3.8, 4) is 5.75 Å². The Bertz CT molecular complexity index is 666. The zero-order chi connectivity index (χ0) is 19.4. The molecule has 2 saturated heterocycles. The van der Waals surface area contributed by atoms with Gasteiger partial charge in [0.25, 0.3) is 0 Å². The first-order valence-electron chi connectivity index (χ1n) is 10.2. The summed E-state index contributed by atoms with van der Waals surface area (Å²) in [5.41, 5.74) is 4.22. The number of carbonyl (C=O) groups excluding carboxylic acids is 1. The molecule has 0 aliphatic carbocycles. The molecule has 0 atom stereocenters. The quantitative estimate of drug-likeness (QED) is 0.832. The van der Waals surface area contributed by atoms with Gasteiger partial charge in [0.1, 0.15) is 5.75 Å². The van der Waals surface area contributed by atoms with Gasteiger partial charge in [0.05, 0.1) is 7.11 Å². The van der Waals surface area contributed by atoms with Crippen LogP contribution in [0.3, 0.4) is 0 Å². The standard InChI is InChI=1S/C22H34N2O3/c1-17-18(2)20(27-3)6-5-19(17)15-23-12-9-22(10-13-23)8-7-21(26)24(16-22)11-4-14-25/h5-6,25H,4,7-16H2,1-3H3. The van der Waals surface area contributed by atoms with E-state index in [1.54, 1.807) is 7.11 Å². The molecular formula is C22H34N2O3. The molecule has 27 heavy (non-hydrogen) atoms. The second-order valence-electron chi connectivity index (χ2n) is 8.35. The Hall–Kier alpha value is -1.59. The average Bonchev–Trinajstić information content (AvgIpc) is 2.68. The van der Waals surface area contributed by atoms with Gasteiger partial charge in [0.2, 0.25) is 5.91 Å². The number of ether oxygens (including phenoxy) is 1. The highest BCUT2D eigenvalue weighted by Gasteiger charge is 2.40. The summed E-state index contributed by atoms with van der Waals surface area (Å²) in [5.74, 6) is 1.23. The van der Waals surface area contributed by atoms with E-state index in [0.29, 0.717) is 19.4 Å². The molecule has 2 heterocycles. The number of hydrogen-bond donors (Lipinski definition) is 1. The number of likely N-dealkylation sites (tertiary alicyclic amines) is 2. The Morgan fingerprint density at radius 3 is 2.56 bits per heavy atom. The zero-order valence-corrected chi connectivity index (χ0v) is 17.1. The highest BCUT2D eigenvalue weighted by molar-refractivity contribution is 5.77. The maximum Gasteiger partial charge on any atom is 0.222 e. The molecule has 2 aliphatic rings. The molecule has 0 aromatic heterocycles. The molecule has 150 valence electrons. The van der Waals surface area contributed by atoms with Gasteiger partial charge in [0, 0.05) is 32.7 Å². The summed E-state index contributed by atoms with van der Waals surface area (Å²) in [7, 11) is 1.73. The first-order valence-corrected chi connectivity index (χ1v) is 10.2. The van der Waals surface area contributed by atoms with Crippen molar-refractivity contribution in [2.45, 2.75) is 52.5 Å². The van der Waals surface area contributed by atoms with Gasteiger partial charge in [0.15, 0.2) is 0 Å². The van der Waals surface area contributed by atoms with Crippen LogP contribution in [0.5, 0.6) is 5.75 Å². The molecule has 0 radical (unpaired) electrons. The van der Waals surface area contributed by atoms with Crippen LogP contribution in [0.4, 0.5) is 0 Å². The topological polar surface area (TPSA) is 53.0 Å². The van der Waals surface area contributed by atoms with E-state index in [1.165, 1.54) is 16.7 Å². The molecule has 3 rings (SSSR count). The zero-order valence-electron chi connectivity index (χ0n) is 17.1. The number of methoxy groups -OCH3 is 1. The van der Waals surface area contributed by atoms with Gasteiger partial charge in [-0.2, -0.15) is 0 Å². The first-order chi connectivity index (χ1) is 13.0. The van der Waals surface area contributed by atoms with Crippen LogP contribution in [0, 0.1) is 19.3 Å². The summed E-state index contributed by atoms with van der Waals surface area (Å²) in [4.78, 5) is 16.7. The Balaban J connectivity index is 1.59. The minimum absolute atomic E-state index is 0.158. The van der Waals surface area contributed by atoms with Crippen LogP contribution in [0.1, 0.15) is 48.8 Å². The summed E-state index contributed by atoms with van der Waals surface area (Å²) >= 11 is 0. The molecule has 2 fully saturated rings. The summed E-state index contributed by atoms with van der Waals surface area (Å²) in [6, 6.07) is 4.27. The normalized spacial score (nSPS) is 20.3. The van der Waals surface area contributed by atoms with Crippen LogP contribution in [0.25, 0.3) is 0 Å². The van der Waals surface area contributed by atoms with E-state index < -0.39 is 0 Å². The number of aliphatic hydroxyl groups excluding tert-OH is 1. The molecular weight excluding hydrogens is 340 g/mol. The van der Waals surface area contributed by atoms with Gasteiger partial charge in [-0.15, -0.1) is 0 Å². The fourth-order valence-electron chi connectivity index (χ4n) is 4.65. The first kappa shape index (κ1) is 20.2. The highest BCUT2D eigenvalue weighted by atomic mass is 16.5. The minimum Gasteiger partial charge on any atom is -0.496 e. The Morgan fingerprint density at radius 2 is 1.89 bits per heavy atom. The van der Waals surface area contributed by atoms with E-state index in [9.17, 15) is 4.79 Å². The highest BCUT2D eigenvalue weighted by Crippen LogP contribution is 2.40. The number of benzene rings is 1. The summed E-state index contributed by atoms with van der Waals surface area (Å²) in [6.07, 6.45) is 4.69. The fourth-order valence-corrected chi connectivity index (χ4v) is 4.65. The van der Waals surface area contributed by atoms with E-state index in [4.69, 9.17) is 9.84 Å². The molecule has 1 amide bonds. The third-order valence-corrected chi connectivity index (χ3v) is 6.71. The molecule has 1 aromatic carbocycles. The van der Waals surface area contributed by atoms with E-state index in [-0.39, 0.29) is 17.9 Å². The number of nitrogens with zero attached hydrogens (tertiary/aromatic N) is 2. The molecule has 5 nitrogen and oxygen atoms in total. The third-order valence-electron chi connectivity index (χ3n) is 6.71. The number of amides is 1. The van der Waals surface area contributed by atoms with Crippen molar-refractivity contribution in [2.24, 2.45) is 5.41 Å². The maximum atomic E-state index is 12.2. The van der Waals surface area contributed by atoms with Crippen molar-refractivity contribution in [3.63, 3.8) is 0 Å². The lowest BCUT2D eigenvalue weighted by Crippen LogP contribution is -2.51. The monoisotopic (exact) mass is 374 g/mol. The van der Waals surface area contributed by atoms with E-state index in [1.807, 2.05) is 4.90 Å². The second-order valence-corrected chi connectivity index (χ2v) is 8.35. The van der Waals surface area contributed by atoms with Crippen LogP contribution in [0.15, 0.2) is 12.1 Å². The Labute approximate surface area is 163 Å². The van der Waals surface area contributed by atoms with Gasteiger partial charge in [-0.3, -0.25) is 9.69 Å². The van der Waals surface area contributed by atoms with Crippen molar-refractivity contribution in [1.29, 1.82) is 0 Å². The predicted octanol–water partition coefficient (Wildman–Crippen LogP) is 2.90. The van der Waals surface area contributed by atoms with Gasteiger partial charge >= 0.3 is 0 Å². The molecule has 1 N–H and O–H groups in total. The number of rotatable bonds is 6. The summed E-state index contributed by atoms with van der Waals surface area (Å²) in [5, 5.41) is 9.08. The second kappa shape index (κ2) is 8.61. The predicted molar refractivity (Wildman–Crippen MR) is 107 cm³/mol. The van der Waals surface area contributed by atoms with Crippen molar-refractivity contribution in [1.82, 2.24) is 9.80 Å². The molecule has 2 aliphatic heterocycles. The SMILES string of the molecule is COc1ccc(CN2CCC3(CCC(=O)N(CCCO)C3)CC2)c(C)c1C. The largest absolute Gasteiger partial charge is 0.496 e. The van der Waals surface area contributed by atoms with E-state index >= 15 is 0 Å². The Morgan fingerprint density at radius 1 is 1.15 bits per heavy atom. The van der Waals surface area contributed by atoms with E-state index in [2.05, 4.69) is 30.9 Å². The maximum absolute atomic E-state index is 12.2. The van der Waals surface area contributed by atoms with Gasteiger partial charge in [-0.1, -0.05) is 6.07 Å². The average molecular weight is 375 g/mol. The van der Waals surface area contributed by atoms with E-state index in [0.717, 1.165) is 51.2 Å². The molecule has 0 bridgehead atoms. The molecule has 1 spiro atoms. The van der Waals surface area contributed by atoms with Crippen molar-refractivity contribution < 1.29 is 14.6 Å².